The van der Waals surface area contributed by atoms with Gasteiger partial charge in [-0.3, -0.25) is 15.0 Å². The zero-order chi connectivity index (χ0) is 17.0. The Balaban J connectivity index is 1.90. The SMILES string of the molecule is CC(NC(=O)C1CC(Oc2cccc(C(=N)N)c2)CN1)C(=O)O. The molecule has 1 aliphatic rings. The number of nitrogens with two attached hydrogens (primary N) is 1. The molecule has 1 saturated heterocycles. The van der Waals surface area contributed by atoms with Crippen molar-refractivity contribution in [1.29, 1.82) is 5.41 Å². The summed E-state index contributed by atoms with van der Waals surface area (Å²) in [5, 5.41) is 21.7. The van der Waals surface area contributed by atoms with E-state index in [1.54, 1.807) is 24.3 Å². The van der Waals surface area contributed by atoms with Crippen LogP contribution in [-0.4, -0.2) is 47.6 Å². The van der Waals surface area contributed by atoms with E-state index in [4.69, 9.17) is 21.0 Å². The topological polar surface area (TPSA) is 138 Å². The van der Waals surface area contributed by atoms with E-state index in [-0.39, 0.29) is 17.8 Å². The first-order valence-electron chi connectivity index (χ1n) is 7.24. The highest BCUT2D eigenvalue weighted by Gasteiger charge is 2.32. The number of carbonyl (C=O) groups excluding carboxylic acids is 1. The molecule has 1 aliphatic heterocycles. The van der Waals surface area contributed by atoms with E-state index in [2.05, 4.69) is 10.6 Å². The molecule has 1 fully saturated rings. The second kappa shape index (κ2) is 7.10. The number of nitrogen functional groups attached to an aromatic ring is 1. The highest BCUT2D eigenvalue weighted by Crippen LogP contribution is 2.19. The minimum absolute atomic E-state index is 0.0418. The highest BCUT2D eigenvalue weighted by atomic mass is 16.5. The molecule has 1 heterocycles. The number of aliphatic carboxylic acids is 1. The fourth-order valence-electron chi connectivity index (χ4n) is 2.30. The smallest absolute Gasteiger partial charge is 0.325 e. The third-order valence-corrected chi connectivity index (χ3v) is 3.58. The lowest BCUT2D eigenvalue weighted by Crippen LogP contribution is -2.46. The van der Waals surface area contributed by atoms with Gasteiger partial charge in [-0.2, -0.15) is 0 Å². The van der Waals surface area contributed by atoms with Crippen molar-refractivity contribution in [3.05, 3.63) is 29.8 Å². The lowest BCUT2D eigenvalue weighted by Gasteiger charge is -2.15. The number of carboxylic acid groups (broad SMARTS) is 1. The summed E-state index contributed by atoms with van der Waals surface area (Å²) in [6.45, 7) is 1.89. The lowest BCUT2D eigenvalue weighted by molar-refractivity contribution is -0.141. The van der Waals surface area contributed by atoms with E-state index in [1.165, 1.54) is 6.92 Å². The summed E-state index contributed by atoms with van der Waals surface area (Å²) in [5.41, 5.74) is 6.01. The van der Waals surface area contributed by atoms with Crippen molar-refractivity contribution in [2.45, 2.75) is 31.5 Å². The van der Waals surface area contributed by atoms with Crippen LogP contribution in [0.4, 0.5) is 0 Å². The zero-order valence-electron chi connectivity index (χ0n) is 12.7. The lowest BCUT2D eigenvalue weighted by atomic mass is 10.1. The molecule has 8 heteroatoms. The Hall–Kier alpha value is -2.61. The Kier molecular flexibility index (Phi) is 5.17. The average molecular weight is 320 g/mol. The number of hydrogen-bond acceptors (Lipinski definition) is 5. The van der Waals surface area contributed by atoms with Crippen LogP contribution in [0.5, 0.6) is 5.75 Å². The Labute approximate surface area is 133 Å². The molecule has 2 rings (SSSR count). The molecule has 8 nitrogen and oxygen atoms in total. The van der Waals surface area contributed by atoms with E-state index in [0.29, 0.717) is 24.3 Å². The summed E-state index contributed by atoms with van der Waals surface area (Å²) in [4.78, 5) is 22.7. The largest absolute Gasteiger partial charge is 0.489 e. The standard InChI is InChI=1S/C15H20N4O4/c1-8(15(21)22)19-14(20)12-6-11(7-18-12)23-10-4-2-3-9(5-10)13(16)17/h2-5,8,11-12,18H,6-7H2,1H3,(H3,16,17)(H,19,20)(H,21,22). The van der Waals surface area contributed by atoms with Crippen LogP contribution in [0, 0.1) is 5.41 Å². The molecule has 3 unspecified atom stereocenters. The van der Waals surface area contributed by atoms with Gasteiger partial charge in [-0.15, -0.1) is 0 Å². The molecule has 0 aliphatic carbocycles. The number of ether oxygens (including phenoxy) is 1. The molecule has 23 heavy (non-hydrogen) atoms. The van der Waals surface area contributed by atoms with Crippen molar-refractivity contribution in [2.75, 3.05) is 6.54 Å². The van der Waals surface area contributed by atoms with Gasteiger partial charge in [0.2, 0.25) is 5.91 Å². The van der Waals surface area contributed by atoms with Crippen LogP contribution in [0.15, 0.2) is 24.3 Å². The number of rotatable bonds is 6. The van der Waals surface area contributed by atoms with Crippen molar-refractivity contribution in [3.63, 3.8) is 0 Å². The number of benzene rings is 1. The third kappa shape index (κ3) is 4.43. The molecular weight excluding hydrogens is 300 g/mol. The average Bonchev–Trinajstić information content (AvgIpc) is 2.96. The molecule has 0 spiro atoms. The Bertz CT molecular complexity index is 619. The maximum Gasteiger partial charge on any atom is 0.325 e. The number of carbonyl (C=O) groups is 2. The molecule has 3 atom stereocenters. The summed E-state index contributed by atoms with van der Waals surface area (Å²) in [7, 11) is 0. The maximum absolute atomic E-state index is 12.0. The van der Waals surface area contributed by atoms with E-state index in [1.807, 2.05) is 0 Å². The molecule has 0 saturated carbocycles. The first-order chi connectivity index (χ1) is 10.9. The molecule has 0 aromatic heterocycles. The van der Waals surface area contributed by atoms with Crippen molar-refractivity contribution < 1.29 is 19.4 Å². The Morgan fingerprint density at radius 1 is 1.52 bits per heavy atom. The highest BCUT2D eigenvalue weighted by molar-refractivity contribution is 5.95. The molecule has 6 N–H and O–H groups in total. The van der Waals surface area contributed by atoms with Gasteiger partial charge in [0.25, 0.3) is 0 Å². The van der Waals surface area contributed by atoms with Crippen LogP contribution in [0.2, 0.25) is 0 Å². The summed E-state index contributed by atoms with van der Waals surface area (Å²) < 4.78 is 5.79. The minimum Gasteiger partial charge on any atom is -0.489 e. The summed E-state index contributed by atoms with van der Waals surface area (Å²) in [6.07, 6.45) is 0.218. The van der Waals surface area contributed by atoms with Gasteiger partial charge in [-0.25, -0.2) is 0 Å². The molecule has 1 aromatic carbocycles. The van der Waals surface area contributed by atoms with Crippen molar-refractivity contribution >= 4 is 17.7 Å². The summed E-state index contributed by atoms with van der Waals surface area (Å²) in [6, 6.07) is 5.46. The number of carboxylic acids is 1. The third-order valence-electron chi connectivity index (χ3n) is 3.58. The summed E-state index contributed by atoms with van der Waals surface area (Å²) >= 11 is 0. The maximum atomic E-state index is 12.0. The fraction of sp³-hybridized carbons (Fsp3) is 0.400. The predicted molar refractivity (Wildman–Crippen MR) is 83.5 cm³/mol. The van der Waals surface area contributed by atoms with E-state index in [0.717, 1.165) is 0 Å². The zero-order valence-corrected chi connectivity index (χ0v) is 12.7. The van der Waals surface area contributed by atoms with Crippen molar-refractivity contribution in [2.24, 2.45) is 5.73 Å². The van der Waals surface area contributed by atoms with E-state index < -0.39 is 18.1 Å². The normalized spacial score (nSPS) is 21.4. The van der Waals surface area contributed by atoms with E-state index in [9.17, 15) is 9.59 Å². The van der Waals surface area contributed by atoms with Crippen LogP contribution < -0.4 is 21.1 Å². The van der Waals surface area contributed by atoms with Gasteiger partial charge in [0.15, 0.2) is 0 Å². The second-order valence-electron chi connectivity index (χ2n) is 5.45. The Morgan fingerprint density at radius 2 is 2.26 bits per heavy atom. The van der Waals surface area contributed by atoms with Gasteiger partial charge < -0.3 is 26.2 Å². The van der Waals surface area contributed by atoms with Crippen LogP contribution in [0.3, 0.4) is 0 Å². The van der Waals surface area contributed by atoms with Gasteiger partial charge >= 0.3 is 5.97 Å². The van der Waals surface area contributed by atoms with Crippen LogP contribution in [0.25, 0.3) is 0 Å². The quantitative estimate of drug-likeness (QED) is 0.359. The fourth-order valence-corrected chi connectivity index (χ4v) is 2.30. The van der Waals surface area contributed by atoms with Crippen LogP contribution in [-0.2, 0) is 9.59 Å². The molecular formula is C15H20N4O4. The molecule has 0 bridgehead atoms. The van der Waals surface area contributed by atoms with Gasteiger partial charge in [-0.05, 0) is 19.1 Å². The van der Waals surface area contributed by atoms with Gasteiger partial charge in [0.1, 0.15) is 23.7 Å². The molecule has 124 valence electrons. The summed E-state index contributed by atoms with van der Waals surface area (Å²) in [5.74, 6) is -0.905. The number of amidine groups is 1. The van der Waals surface area contributed by atoms with Crippen molar-refractivity contribution in [1.82, 2.24) is 10.6 Å². The Morgan fingerprint density at radius 3 is 2.91 bits per heavy atom. The molecule has 0 radical (unpaired) electrons. The van der Waals surface area contributed by atoms with Gasteiger partial charge in [0, 0.05) is 18.5 Å². The molecule has 1 amide bonds. The minimum atomic E-state index is -1.08. The van der Waals surface area contributed by atoms with Crippen molar-refractivity contribution in [3.8, 4) is 5.75 Å². The molecule has 1 aromatic rings. The number of hydrogen-bond donors (Lipinski definition) is 5. The first-order valence-corrected chi connectivity index (χ1v) is 7.24. The van der Waals surface area contributed by atoms with Crippen LogP contribution in [0.1, 0.15) is 18.9 Å². The number of amides is 1. The second-order valence-corrected chi connectivity index (χ2v) is 5.45. The first kappa shape index (κ1) is 16.8. The van der Waals surface area contributed by atoms with E-state index >= 15 is 0 Å². The van der Waals surface area contributed by atoms with Gasteiger partial charge in [-0.1, -0.05) is 12.1 Å². The monoisotopic (exact) mass is 320 g/mol. The van der Waals surface area contributed by atoms with Crippen LogP contribution >= 0.6 is 0 Å². The van der Waals surface area contributed by atoms with Gasteiger partial charge in [0.05, 0.1) is 6.04 Å². The number of nitrogens with one attached hydrogen (secondary N) is 3. The predicted octanol–water partition coefficient (Wildman–Crippen LogP) is -0.331.